The quantitative estimate of drug-likeness (QED) is 0.735. The normalized spacial score (nSPS) is 36.9. The minimum absolute atomic E-state index is 0.0252. The summed E-state index contributed by atoms with van der Waals surface area (Å²) in [5.74, 6) is 0. The summed E-state index contributed by atoms with van der Waals surface area (Å²) in [5, 5.41) is 3.49. The molecule has 0 radical (unpaired) electrons. The second kappa shape index (κ2) is 5.03. The zero-order chi connectivity index (χ0) is 11.6. The molecular formula is C13H26N2O. The van der Waals surface area contributed by atoms with Gasteiger partial charge in [0.2, 0.25) is 0 Å². The number of nitrogens with zero attached hydrogens (tertiary/aromatic N) is 1. The van der Waals surface area contributed by atoms with Crippen LogP contribution in [0.5, 0.6) is 0 Å². The Balaban J connectivity index is 1.96. The van der Waals surface area contributed by atoms with Crippen molar-refractivity contribution < 1.29 is 4.74 Å². The second-order valence-corrected chi connectivity index (χ2v) is 5.95. The van der Waals surface area contributed by atoms with Crippen LogP contribution < -0.4 is 5.32 Å². The lowest BCUT2D eigenvalue weighted by Crippen LogP contribution is -2.55. The van der Waals surface area contributed by atoms with Crippen molar-refractivity contribution in [1.82, 2.24) is 10.2 Å². The maximum absolute atomic E-state index is 5.97. The van der Waals surface area contributed by atoms with Gasteiger partial charge in [0.05, 0.1) is 11.7 Å². The molecule has 3 heteroatoms. The van der Waals surface area contributed by atoms with Crippen molar-refractivity contribution in [1.29, 1.82) is 0 Å². The van der Waals surface area contributed by atoms with Crippen LogP contribution in [0.4, 0.5) is 0 Å². The highest BCUT2D eigenvalue weighted by Crippen LogP contribution is 2.25. The molecular weight excluding hydrogens is 200 g/mol. The van der Waals surface area contributed by atoms with Crippen LogP contribution >= 0.6 is 0 Å². The van der Waals surface area contributed by atoms with Crippen molar-refractivity contribution in [2.45, 2.75) is 57.8 Å². The highest BCUT2D eigenvalue weighted by atomic mass is 16.5. The van der Waals surface area contributed by atoms with Crippen LogP contribution in [0.3, 0.4) is 0 Å². The zero-order valence-electron chi connectivity index (χ0n) is 11.0. The van der Waals surface area contributed by atoms with Gasteiger partial charge in [0.25, 0.3) is 0 Å². The predicted molar refractivity (Wildman–Crippen MR) is 66.7 cm³/mol. The van der Waals surface area contributed by atoms with Crippen molar-refractivity contribution in [3.05, 3.63) is 0 Å². The summed E-state index contributed by atoms with van der Waals surface area (Å²) in [6.07, 6.45) is 4.33. The van der Waals surface area contributed by atoms with Gasteiger partial charge in [-0.25, -0.2) is 0 Å². The molecule has 2 atom stereocenters. The largest absolute Gasteiger partial charge is 0.370 e. The summed E-state index contributed by atoms with van der Waals surface area (Å²) in [5.41, 5.74) is 0.0252. The van der Waals surface area contributed by atoms with E-state index in [4.69, 9.17) is 4.74 Å². The highest BCUT2D eigenvalue weighted by molar-refractivity contribution is 4.87. The number of hydrogen-bond donors (Lipinski definition) is 1. The molecule has 0 aromatic carbocycles. The first-order valence-corrected chi connectivity index (χ1v) is 6.69. The fraction of sp³-hybridized carbons (Fsp3) is 1.00. The van der Waals surface area contributed by atoms with E-state index in [9.17, 15) is 0 Å². The van der Waals surface area contributed by atoms with Gasteiger partial charge in [-0.3, -0.25) is 4.90 Å². The third-order valence-electron chi connectivity index (χ3n) is 3.66. The molecule has 16 heavy (non-hydrogen) atoms. The van der Waals surface area contributed by atoms with E-state index in [1.807, 2.05) is 0 Å². The lowest BCUT2D eigenvalue weighted by Gasteiger charge is -2.45. The van der Waals surface area contributed by atoms with E-state index in [1.165, 1.54) is 32.4 Å². The Hall–Kier alpha value is -0.120. The average molecular weight is 226 g/mol. The van der Waals surface area contributed by atoms with Crippen molar-refractivity contribution in [3.8, 4) is 0 Å². The van der Waals surface area contributed by atoms with Crippen LogP contribution in [0.2, 0.25) is 0 Å². The molecule has 0 aromatic rings. The van der Waals surface area contributed by atoms with Crippen LogP contribution in [0.25, 0.3) is 0 Å². The standard InChI is InChI=1S/C13H26N2O/c1-11-9-15(10-13(2,3)16-11)12-5-4-7-14-8-6-12/h11-12,14H,4-10H2,1-3H3. The first-order valence-electron chi connectivity index (χ1n) is 6.69. The summed E-state index contributed by atoms with van der Waals surface area (Å²) in [6, 6.07) is 0.764. The van der Waals surface area contributed by atoms with E-state index in [-0.39, 0.29) is 5.60 Å². The molecule has 0 spiro atoms. The maximum atomic E-state index is 5.97. The molecule has 0 saturated carbocycles. The van der Waals surface area contributed by atoms with E-state index >= 15 is 0 Å². The molecule has 2 unspecified atom stereocenters. The fourth-order valence-electron chi connectivity index (χ4n) is 3.15. The number of morpholine rings is 1. The monoisotopic (exact) mass is 226 g/mol. The Morgan fingerprint density at radius 3 is 2.81 bits per heavy atom. The van der Waals surface area contributed by atoms with Gasteiger partial charge < -0.3 is 10.1 Å². The molecule has 0 aromatic heterocycles. The Morgan fingerprint density at radius 2 is 2.06 bits per heavy atom. The lowest BCUT2D eigenvalue weighted by atomic mass is 10.00. The van der Waals surface area contributed by atoms with Gasteiger partial charge in [-0.05, 0) is 53.1 Å². The molecule has 2 heterocycles. The van der Waals surface area contributed by atoms with Crippen LogP contribution in [0.15, 0.2) is 0 Å². The van der Waals surface area contributed by atoms with Gasteiger partial charge in [0.1, 0.15) is 0 Å². The molecule has 0 amide bonds. The molecule has 2 fully saturated rings. The summed E-state index contributed by atoms with van der Waals surface area (Å²) >= 11 is 0. The number of rotatable bonds is 1. The molecule has 2 saturated heterocycles. The SMILES string of the molecule is CC1CN(C2CCCNCC2)CC(C)(C)O1. The third-order valence-corrected chi connectivity index (χ3v) is 3.66. The first-order chi connectivity index (χ1) is 7.57. The highest BCUT2D eigenvalue weighted by Gasteiger charge is 2.34. The van der Waals surface area contributed by atoms with Crippen LogP contribution in [-0.2, 0) is 4.74 Å². The molecule has 1 N–H and O–H groups in total. The molecule has 0 aliphatic carbocycles. The van der Waals surface area contributed by atoms with Crippen molar-refractivity contribution in [2.24, 2.45) is 0 Å². The number of nitrogens with one attached hydrogen (secondary N) is 1. The topological polar surface area (TPSA) is 24.5 Å². The zero-order valence-corrected chi connectivity index (χ0v) is 11.0. The molecule has 94 valence electrons. The van der Waals surface area contributed by atoms with Gasteiger partial charge in [-0.2, -0.15) is 0 Å². The Kier molecular flexibility index (Phi) is 3.88. The number of hydrogen-bond acceptors (Lipinski definition) is 3. The Bertz CT molecular complexity index is 222. The van der Waals surface area contributed by atoms with Gasteiger partial charge >= 0.3 is 0 Å². The van der Waals surface area contributed by atoms with E-state index in [0.29, 0.717) is 6.10 Å². The lowest BCUT2D eigenvalue weighted by molar-refractivity contribution is -0.138. The van der Waals surface area contributed by atoms with Crippen molar-refractivity contribution in [2.75, 3.05) is 26.2 Å². The minimum atomic E-state index is 0.0252. The van der Waals surface area contributed by atoms with E-state index in [0.717, 1.165) is 19.1 Å². The first kappa shape index (κ1) is 12.3. The molecule has 2 aliphatic rings. The molecule has 0 bridgehead atoms. The summed E-state index contributed by atoms with van der Waals surface area (Å²) in [6.45, 7) is 11.2. The minimum Gasteiger partial charge on any atom is -0.370 e. The Labute approximate surface area is 99.5 Å². The molecule has 3 nitrogen and oxygen atoms in total. The van der Waals surface area contributed by atoms with Gasteiger partial charge in [0, 0.05) is 19.1 Å². The van der Waals surface area contributed by atoms with Crippen LogP contribution in [0.1, 0.15) is 40.0 Å². The van der Waals surface area contributed by atoms with E-state index < -0.39 is 0 Å². The Morgan fingerprint density at radius 1 is 1.25 bits per heavy atom. The van der Waals surface area contributed by atoms with Gasteiger partial charge in [0.15, 0.2) is 0 Å². The van der Waals surface area contributed by atoms with Gasteiger partial charge in [-0.15, -0.1) is 0 Å². The smallest absolute Gasteiger partial charge is 0.0757 e. The summed E-state index contributed by atoms with van der Waals surface area (Å²) in [7, 11) is 0. The van der Waals surface area contributed by atoms with Crippen molar-refractivity contribution in [3.63, 3.8) is 0 Å². The fourth-order valence-corrected chi connectivity index (χ4v) is 3.15. The number of ether oxygens (including phenoxy) is 1. The van der Waals surface area contributed by atoms with Gasteiger partial charge in [-0.1, -0.05) is 0 Å². The molecule has 2 rings (SSSR count). The van der Waals surface area contributed by atoms with Crippen molar-refractivity contribution >= 4 is 0 Å². The maximum Gasteiger partial charge on any atom is 0.0757 e. The van der Waals surface area contributed by atoms with Crippen LogP contribution in [0, 0.1) is 0 Å². The van der Waals surface area contributed by atoms with E-state index in [2.05, 4.69) is 31.0 Å². The predicted octanol–water partition coefficient (Wildman–Crippen LogP) is 1.63. The van der Waals surface area contributed by atoms with Crippen LogP contribution in [-0.4, -0.2) is 48.8 Å². The second-order valence-electron chi connectivity index (χ2n) is 5.95. The summed E-state index contributed by atoms with van der Waals surface area (Å²) in [4.78, 5) is 2.65. The average Bonchev–Trinajstić information content (AvgIpc) is 2.42. The summed E-state index contributed by atoms with van der Waals surface area (Å²) < 4.78 is 5.97. The molecule has 2 aliphatic heterocycles. The third kappa shape index (κ3) is 3.19. The van der Waals surface area contributed by atoms with E-state index in [1.54, 1.807) is 0 Å².